The maximum atomic E-state index is 12.8. The van der Waals surface area contributed by atoms with Crippen LogP contribution in [-0.2, 0) is 10.0 Å². The lowest BCUT2D eigenvalue weighted by Gasteiger charge is -2.34. The molecule has 1 N–H and O–H groups in total. The molecule has 1 aromatic rings. The fourth-order valence-corrected chi connectivity index (χ4v) is 5.25. The molecule has 0 spiro atoms. The molecule has 4 nitrogen and oxygen atoms in total. The maximum absolute atomic E-state index is 12.8. The minimum Gasteiger partial charge on any atom is -0.318 e. The van der Waals surface area contributed by atoms with Crippen LogP contribution < -0.4 is 5.32 Å². The van der Waals surface area contributed by atoms with E-state index in [1.807, 2.05) is 7.05 Å². The summed E-state index contributed by atoms with van der Waals surface area (Å²) in [6.07, 6.45) is 2.84. The largest absolute Gasteiger partial charge is 0.318 e. The molecule has 1 aromatic carbocycles. The van der Waals surface area contributed by atoms with Crippen molar-refractivity contribution in [1.29, 1.82) is 0 Å². The number of piperidine rings is 1. The molecule has 1 aliphatic heterocycles. The van der Waals surface area contributed by atoms with E-state index in [1.165, 1.54) is 0 Å². The predicted octanol–water partition coefficient (Wildman–Crippen LogP) is 2.87. The first kappa shape index (κ1) is 16.2. The summed E-state index contributed by atoms with van der Waals surface area (Å²) in [6, 6.07) is 4.88. The highest BCUT2D eigenvalue weighted by molar-refractivity contribution is 9.10. The average molecular weight is 382 g/mol. The molecule has 1 fully saturated rings. The van der Waals surface area contributed by atoms with Crippen molar-refractivity contribution in [3.63, 3.8) is 0 Å². The van der Waals surface area contributed by atoms with Gasteiger partial charge in [-0.25, -0.2) is 8.42 Å². The van der Waals surface area contributed by atoms with Gasteiger partial charge in [-0.3, -0.25) is 0 Å². The minimum atomic E-state index is -3.54. The summed E-state index contributed by atoms with van der Waals surface area (Å²) in [5.41, 5.74) is 0. The van der Waals surface area contributed by atoms with Crippen LogP contribution in [0.15, 0.2) is 27.6 Å². The third-order valence-electron chi connectivity index (χ3n) is 3.49. The van der Waals surface area contributed by atoms with Crippen LogP contribution in [0.1, 0.15) is 19.3 Å². The quantitative estimate of drug-likeness (QED) is 0.872. The summed E-state index contributed by atoms with van der Waals surface area (Å²) in [4.78, 5) is 0.186. The van der Waals surface area contributed by atoms with Crippen molar-refractivity contribution in [3.8, 4) is 0 Å². The standard InChI is InChI=1S/C13H18BrClN2O2S/c1-16-9-11-4-2-3-7-17(11)20(18,19)13-6-5-10(14)8-12(13)15/h5-6,8,11,16H,2-4,7,9H2,1H3. The van der Waals surface area contributed by atoms with E-state index in [0.717, 1.165) is 23.7 Å². The first-order valence-electron chi connectivity index (χ1n) is 6.58. The lowest BCUT2D eigenvalue weighted by molar-refractivity contribution is 0.249. The second-order valence-electron chi connectivity index (χ2n) is 4.90. The summed E-state index contributed by atoms with van der Waals surface area (Å²) in [5, 5.41) is 3.33. The number of benzene rings is 1. The lowest BCUT2D eigenvalue weighted by Crippen LogP contribution is -2.47. The topological polar surface area (TPSA) is 49.4 Å². The van der Waals surface area contributed by atoms with Gasteiger partial charge in [-0.15, -0.1) is 0 Å². The molecule has 0 saturated carbocycles. The molecule has 0 aromatic heterocycles. The van der Waals surface area contributed by atoms with Gasteiger partial charge in [-0.1, -0.05) is 34.0 Å². The zero-order valence-electron chi connectivity index (χ0n) is 11.3. The molecule has 0 amide bonds. The first-order chi connectivity index (χ1) is 9.46. The molecule has 1 heterocycles. The van der Waals surface area contributed by atoms with Crippen molar-refractivity contribution in [2.24, 2.45) is 0 Å². The normalized spacial score (nSPS) is 21.1. The number of nitrogens with zero attached hydrogens (tertiary/aromatic N) is 1. The fraction of sp³-hybridized carbons (Fsp3) is 0.538. The Morgan fingerprint density at radius 2 is 2.20 bits per heavy atom. The second-order valence-corrected chi connectivity index (χ2v) is 8.08. The van der Waals surface area contributed by atoms with Gasteiger partial charge in [0.2, 0.25) is 10.0 Å². The highest BCUT2D eigenvalue weighted by atomic mass is 79.9. The summed E-state index contributed by atoms with van der Waals surface area (Å²) < 4.78 is 28.0. The first-order valence-corrected chi connectivity index (χ1v) is 9.19. The van der Waals surface area contributed by atoms with Crippen molar-refractivity contribution in [1.82, 2.24) is 9.62 Å². The molecule has 1 saturated heterocycles. The molecule has 1 unspecified atom stereocenters. The summed E-state index contributed by atoms with van der Waals surface area (Å²) in [5.74, 6) is 0. The number of halogens is 2. The third-order valence-corrected chi connectivity index (χ3v) is 6.42. The van der Waals surface area contributed by atoms with Crippen molar-refractivity contribution in [2.75, 3.05) is 20.1 Å². The van der Waals surface area contributed by atoms with Gasteiger partial charge in [0.1, 0.15) is 4.90 Å². The van der Waals surface area contributed by atoms with Gasteiger partial charge in [-0.05, 0) is 38.1 Å². The molecule has 0 radical (unpaired) electrons. The molecule has 0 aliphatic carbocycles. The second kappa shape index (κ2) is 6.75. The van der Waals surface area contributed by atoms with Crippen molar-refractivity contribution in [3.05, 3.63) is 27.7 Å². The van der Waals surface area contributed by atoms with Crippen LogP contribution in [0.5, 0.6) is 0 Å². The number of hydrogen-bond acceptors (Lipinski definition) is 3. The van der Waals surface area contributed by atoms with Crippen LogP contribution in [0.2, 0.25) is 5.02 Å². The molecule has 7 heteroatoms. The Kier molecular flexibility index (Phi) is 5.48. The average Bonchev–Trinajstić information content (AvgIpc) is 2.39. The SMILES string of the molecule is CNCC1CCCCN1S(=O)(=O)c1ccc(Br)cc1Cl. The monoisotopic (exact) mass is 380 g/mol. The number of rotatable bonds is 4. The highest BCUT2D eigenvalue weighted by Crippen LogP contribution is 2.31. The number of sulfonamides is 1. The number of likely N-dealkylation sites (N-methyl/N-ethyl adjacent to an activating group) is 1. The van der Waals surface area contributed by atoms with E-state index in [-0.39, 0.29) is 16.0 Å². The zero-order chi connectivity index (χ0) is 14.8. The fourth-order valence-electron chi connectivity index (χ4n) is 2.54. The minimum absolute atomic E-state index is 0.00142. The van der Waals surface area contributed by atoms with Gasteiger partial charge in [0.05, 0.1) is 5.02 Å². The van der Waals surface area contributed by atoms with Crippen LogP contribution >= 0.6 is 27.5 Å². The molecular formula is C13H18BrClN2O2S. The summed E-state index contributed by atoms with van der Waals surface area (Å²) in [6.45, 7) is 1.22. The van der Waals surface area contributed by atoms with Crippen LogP contribution in [0, 0.1) is 0 Å². The van der Waals surface area contributed by atoms with Gasteiger partial charge in [0.15, 0.2) is 0 Å². The van der Waals surface area contributed by atoms with E-state index in [0.29, 0.717) is 13.1 Å². The molecule has 1 atom stereocenters. The van der Waals surface area contributed by atoms with Crippen molar-refractivity contribution in [2.45, 2.75) is 30.2 Å². The van der Waals surface area contributed by atoms with Crippen LogP contribution in [-0.4, -0.2) is 38.9 Å². The van der Waals surface area contributed by atoms with E-state index in [2.05, 4.69) is 21.2 Å². The van der Waals surface area contributed by atoms with Gasteiger partial charge in [0.25, 0.3) is 0 Å². The van der Waals surface area contributed by atoms with Crippen LogP contribution in [0.4, 0.5) is 0 Å². The maximum Gasteiger partial charge on any atom is 0.244 e. The van der Waals surface area contributed by atoms with E-state index >= 15 is 0 Å². The number of nitrogens with one attached hydrogen (secondary N) is 1. The van der Waals surface area contributed by atoms with Gasteiger partial charge in [-0.2, -0.15) is 4.31 Å². The lowest BCUT2D eigenvalue weighted by atomic mass is 10.1. The zero-order valence-corrected chi connectivity index (χ0v) is 14.4. The Morgan fingerprint density at radius 1 is 1.45 bits per heavy atom. The smallest absolute Gasteiger partial charge is 0.244 e. The van der Waals surface area contributed by atoms with Crippen molar-refractivity contribution < 1.29 is 8.42 Å². The van der Waals surface area contributed by atoms with Gasteiger partial charge in [0, 0.05) is 23.6 Å². The Labute approximate surface area is 133 Å². The number of hydrogen-bond donors (Lipinski definition) is 1. The van der Waals surface area contributed by atoms with E-state index < -0.39 is 10.0 Å². The van der Waals surface area contributed by atoms with Gasteiger partial charge < -0.3 is 5.32 Å². The Bertz CT molecular complexity index is 578. The van der Waals surface area contributed by atoms with Gasteiger partial charge >= 0.3 is 0 Å². The summed E-state index contributed by atoms with van der Waals surface area (Å²) in [7, 11) is -1.70. The highest BCUT2D eigenvalue weighted by Gasteiger charge is 2.34. The van der Waals surface area contributed by atoms with Crippen LogP contribution in [0.3, 0.4) is 0 Å². The molecule has 1 aliphatic rings. The van der Waals surface area contributed by atoms with E-state index in [1.54, 1.807) is 22.5 Å². The molecular weight excluding hydrogens is 364 g/mol. The van der Waals surface area contributed by atoms with Crippen molar-refractivity contribution >= 4 is 37.6 Å². The molecule has 2 rings (SSSR count). The molecule has 112 valence electrons. The van der Waals surface area contributed by atoms with E-state index in [4.69, 9.17) is 11.6 Å². The summed E-state index contributed by atoms with van der Waals surface area (Å²) >= 11 is 9.40. The van der Waals surface area contributed by atoms with E-state index in [9.17, 15) is 8.42 Å². The van der Waals surface area contributed by atoms with Crippen LogP contribution in [0.25, 0.3) is 0 Å². The Hall–Kier alpha value is -0.140. The predicted molar refractivity (Wildman–Crippen MR) is 84.6 cm³/mol. The third kappa shape index (κ3) is 3.36. The molecule has 0 bridgehead atoms. The molecule has 20 heavy (non-hydrogen) atoms. The Balaban J connectivity index is 2.37. The Morgan fingerprint density at radius 3 is 2.85 bits per heavy atom.